The Labute approximate surface area is 127 Å². The molecule has 0 spiro atoms. The van der Waals surface area contributed by atoms with Crippen LogP contribution in [0.4, 0.5) is 0 Å². The first-order valence-corrected chi connectivity index (χ1v) is 10.1. The maximum absolute atomic E-state index is 11.8. The second-order valence-electron chi connectivity index (χ2n) is 5.37. The summed E-state index contributed by atoms with van der Waals surface area (Å²) < 4.78 is 5.09. The average molecular weight is 298 g/mol. The van der Waals surface area contributed by atoms with Crippen LogP contribution in [-0.4, -0.2) is 20.7 Å². The Morgan fingerprint density at radius 3 is 1.86 bits per heavy atom. The van der Waals surface area contributed by atoms with Gasteiger partial charge in [-0.15, -0.1) is 0 Å². The molecule has 21 heavy (non-hydrogen) atoms. The van der Waals surface area contributed by atoms with E-state index in [1.54, 1.807) is 0 Å². The van der Waals surface area contributed by atoms with E-state index in [9.17, 15) is 4.79 Å². The molecule has 2 aromatic rings. The largest absolute Gasteiger partial charge is 0.466 e. The SMILES string of the molecule is CCOC(=O)CC[Si](C)(c1ccccc1)c1ccccc1. The van der Waals surface area contributed by atoms with Gasteiger partial charge >= 0.3 is 5.97 Å². The van der Waals surface area contributed by atoms with Crippen molar-refractivity contribution in [2.24, 2.45) is 0 Å². The fraction of sp³-hybridized carbons (Fsp3) is 0.278. The Morgan fingerprint density at radius 2 is 1.43 bits per heavy atom. The lowest BCUT2D eigenvalue weighted by atomic mass is 10.4. The van der Waals surface area contributed by atoms with Gasteiger partial charge < -0.3 is 4.74 Å². The van der Waals surface area contributed by atoms with Crippen molar-refractivity contribution in [3.63, 3.8) is 0 Å². The summed E-state index contributed by atoms with van der Waals surface area (Å²) in [4.78, 5) is 11.8. The van der Waals surface area contributed by atoms with Crippen molar-refractivity contribution in [3.8, 4) is 0 Å². The summed E-state index contributed by atoms with van der Waals surface area (Å²) in [6, 6.07) is 22.0. The fourth-order valence-electron chi connectivity index (χ4n) is 2.65. The van der Waals surface area contributed by atoms with E-state index in [1.165, 1.54) is 10.4 Å². The molecule has 0 heterocycles. The van der Waals surface area contributed by atoms with Gasteiger partial charge in [0.2, 0.25) is 0 Å². The highest BCUT2D eigenvalue weighted by Gasteiger charge is 2.32. The summed E-state index contributed by atoms with van der Waals surface area (Å²) in [6.45, 7) is 4.63. The number of hydrogen-bond acceptors (Lipinski definition) is 2. The first-order chi connectivity index (χ1) is 10.2. The van der Waals surface area contributed by atoms with Crippen LogP contribution < -0.4 is 10.4 Å². The zero-order chi connectivity index (χ0) is 15.1. The van der Waals surface area contributed by atoms with Crippen molar-refractivity contribution in [2.75, 3.05) is 6.61 Å². The van der Waals surface area contributed by atoms with Crippen LogP contribution in [-0.2, 0) is 9.53 Å². The van der Waals surface area contributed by atoms with Gasteiger partial charge in [-0.25, -0.2) is 0 Å². The lowest BCUT2D eigenvalue weighted by Gasteiger charge is -2.28. The topological polar surface area (TPSA) is 26.3 Å². The highest BCUT2D eigenvalue weighted by atomic mass is 28.3. The summed E-state index contributed by atoms with van der Waals surface area (Å²) in [5.74, 6) is -0.0944. The summed E-state index contributed by atoms with van der Waals surface area (Å²) in [7, 11) is -1.89. The third-order valence-electron chi connectivity index (χ3n) is 3.96. The number of carbonyl (C=O) groups excluding carboxylic acids is 1. The zero-order valence-corrected chi connectivity index (χ0v) is 13.7. The molecule has 0 N–H and O–H groups in total. The first-order valence-electron chi connectivity index (χ1n) is 7.43. The van der Waals surface area contributed by atoms with Crippen molar-refractivity contribution in [2.45, 2.75) is 25.9 Å². The van der Waals surface area contributed by atoms with Crippen LogP contribution in [0.15, 0.2) is 60.7 Å². The molecule has 0 radical (unpaired) electrons. The third-order valence-corrected chi connectivity index (χ3v) is 8.42. The smallest absolute Gasteiger partial charge is 0.305 e. The lowest BCUT2D eigenvalue weighted by Crippen LogP contribution is -2.55. The summed E-state index contributed by atoms with van der Waals surface area (Å²) in [6.07, 6.45) is 0.486. The van der Waals surface area contributed by atoms with Gasteiger partial charge in [0.05, 0.1) is 6.61 Å². The van der Waals surface area contributed by atoms with Crippen molar-refractivity contribution in [3.05, 3.63) is 60.7 Å². The van der Waals surface area contributed by atoms with Gasteiger partial charge in [0, 0.05) is 6.42 Å². The number of carbonyl (C=O) groups is 1. The average Bonchev–Trinajstić information content (AvgIpc) is 2.54. The van der Waals surface area contributed by atoms with Gasteiger partial charge in [-0.05, 0) is 13.0 Å². The minimum absolute atomic E-state index is 0.0944. The molecule has 0 atom stereocenters. The summed E-state index contributed by atoms with van der Waals surface area (Å²) >= 11 is 0. The van der Waals surface area contributed by atoms with Crippen molar-refractivity contribution in [1.29, 1.82) is 0 Å². The molecule has 3 heteroatoms. The van der Waals surface area contributed by atoms with Crippen LogP contribution in [0.25, 0.3) is 0 Å². The molecule has 0 saturated carbocycles. The molecule has 0 aliphatic carbocycles. The second-order valence-corrected chi connectivity index (χ2v) is 9.69. The molecule has 0 fully saturated rings. The van der Waals surface area contributed by atoms with E-state index in [-0.39, 0.29) is 5.97 Å². The molecule has 0 unspecified atom stereocenters. The zero-order valence-electron chi connectivity index (χ0n) is 12.7. The Morgan fingerprint density at radius 1 is 0.952 bits per heavy atom. The van der Waals surface area contributed by atoms with Gasteiger partial charge in [0.15, 0.2) is 0 Å². The number of benzene rings is 2. The van der Waals surface area contributed by atoms with E-state index in [0.717, 1.165) is 6.04 Å². The highest BCUT2D eigenvalue weighted by Crippen LogP contribution is 2.14. The standard InChI is InChI=1S/C18H22O2Si/c1-3-20-18(19)14-15-21(2,16-10-6-4-7-11-16)17-12-8-5-9-13-17/h4-13H,3,14-15H2,1-2H3. The second kappa shape index (κ2) is 7.23. The summed E-state index contributed by atoms with van der Waals surface area (Å²) in [5.41, 5.74) is 0. The Bertz CT molecular complexity index is 527. The van der Waals surface area contributed by atoms with Gasteiger partial charge in [-0.2, -0.15) is 0 Å². The molecule has 0 bridgehead atoms. The van der Waals surface area contributed by atoms with Crippen molar-refractivity contribution in [1.82, 2.24) is 0 Å². The molecule has 0 aromatic heterocycles. The molecule has 0 saturated heterocycles. The van der Waals surface area contributed by atoms with E-state index < -0.39 is 8.07 Å². The molecule has 110 valence electrons. The minimum Gasteiger partial charge on any atom is -0.466 e. The number of hydrogen-bond donors (Lipinski definition) is 0. The normalized spacial score (nSPS) is 11.1. The molecule has 0 amide bonds. The van der Waals surface area contributed by atoms with E-state index >= 15 is 0 Å². The minimum atomic E-state index is -1.89. The number of ether oxygens (including phenoxy) is 1. The number of rotatable bonds is 6. The van der Waals surface area contributed by atoms with E-state index in [2.05, 4.69) is 55.1 Å². The van der Waals surface area contributed by atoms with Gasteiger partial charge in [-0.3, -0.25) is 4.79 Å². The molecular weight excluding hydrogens is 276 g/mol. The van der Waals surface area contributed by atoms with Crippen LogP contribution in [0.2, 0.25) is 12.6 Å². The molecule has 2 aromatic carbocycles. The van der Waals surface area contributed by atoms with Gasteiger partial charge in [-0.1, -0.05) is 77.6 Å². The third kappa shape index (κ3) is 3.82. The van der Waals surface area contributed by atoms with Crippen LogP contribution in [0, 0.1) is 0 Å². The van der Waals surface area contributed by atoms with Crippen LogP contribution in [0.3, 0.4) is 0 Å². The van der Waals surface area contributed by atoms with Crippen LogP contribution in [0.1, 0.15) is 13.3 Å². The quantitative estimate of drug-likeness (QED) is 0.605. The van der Waals surface area contributed by atoms with E-state index in [1.807, 2.05) is 19.1 Å². The maximum Gasteiger partial charge on any atom is 0.305 e. The van der Waals surface area contributed by atoms with Crippen LogP contribution in [0.5, 0.6) is 0 Å². The molecular formula is C18H22O2Si. The molecule has 2 nitrogen and oxygen atoms in total. The first kappa shape index (κ1) is 15.5. The molecule has 2 rings (SSSR count). The van der Waals surface area contributed by atoms with Crippen LogP contribution >= 0.6 is 0 Å². The molecule has 0 aliphatic heterocycles. The molecule has 0 aliphatic rings. The predicted octanol–water partition coefficient (Wildman–Crippen LogP) is 2.83. The maximum atomic E-state index is 11.8. The monoisotopic (exact) mass is 298 g/mol. The predicted molar refractivity (Wildman–Crippen MR) is 89.8 cm³/mol. The van der Waals surface area contributed by atoms with Gasteiger partial charge in [0.25, 0.3) is 0 Å². The van der Waals surface area contributed by atoms with Crippen molar-refractivity contribution < 1.29 is 9.53 Å². The van der Waals surface area contributed by atoms with Gasteiger partial charge in [0.1, 0.15) is 8.07 Å². The van der Waals surface area contributed by atoms with Crippen molar-refractivity contribution >= 4 is 24.4 Å². The highest BCUT2D eigenvalue weighted by molar-refractivity contribution is 7.01. The Balaban J connectivity index is 2.29. The lowest BCUT2D eigenvalue weighted by molar-refractivity contribution is -0.142. The Kier molecular flexibility index (Phi) is 5.34. The Hall–Kier alpha value is -1.87. The number of esters is 1. The van der Waals surface area contributed by atoms with E-state index in [0.29, 0.717) is 13.0 Å². The summed E-state index contributed by atoms with van der Waals surface area (Å²) in [5, 5.41) is 2.72. The fourth-order valence-corrected chi connectivity index (χ4v) is 6.12. The van der Waals surface area contributed by atoms with E-state index in [4.69, 9.17) is 4.74 Å².